The predicted molar refractivity (Wildman–Crippen MR) is 71.0 cm³/mol. The maximum absolute atomic E-state index is 10.6. The maximum atomic E-state index is 10.6. The molecule has 0 fully saturated rings. The number of methoxy groups -OCH3 is 1. The third-order valence-electron chi connectivity index (χ3n) is 3.28. The van der Waals surface area contributed by atoms with Crippen molar-refractivity contribution in [3.63, 3.8) is 0 Å². The zero-order valence-corrected chi connectivity index (χ0v) is 11.4. The molecule has 0 aliphatic rings. The zero-order chi connectivity index (χ0) is 13.9. The van der Waals surface area contributed by atoms with E-state index in [0.29, 0.717) is 6.42 Å². The Labute approximate surface area is 108 Å². The van der Waals surface area contributed by atoms with Gasteiger partial charge in [0.15, 0.2) is 0 Å². The number of nitrogens with two attached hydrogens (primary N) is 1. The highest BCUT2D eigenvalue weighted by molar-refractivity contribution is 5.66. The zero-order valence-electron chi connectivity index (χ0n) is 11.4. The summed E-state index contributed by atoms with van der Waals surface area (Å²) in [5.41, 5.74) is 10.3. The summed E-state index contributed by atoms with van der Waals surface area (Å²) in [5.74, 6) is -0.0451. The highest BCUT2D eigenvalue weighted by Crippen LogP contribution is 2.34. The van der Waals surface area contributed by atoms with E-state index in [1.54, 1.807) is 7.11 Å². The van der Waals surface area contributed by atoms with Crippen LogP contribution in [-0.4, -0.2) is 18.2 Å². The van der Waals surface area contributed by atoms with Crippen molar-refractivity contribution in [2.75, 3.05) is 7.11 Å². The molecule has 0 heterocycles. The largest absolute Gasteiger partial charge is 0.496 e. The molecule has 0 bridgehead atoms. The van der Waals surface area contributed by atoms with E-state index in [0.717, 1.165) is 28.0 Å². The van der Waals surface area contributed by atoms with E-state index in [1.807, 2.05) is 20.8 Å². The number of carbonyl (C=O) groups is 1. The number of hydrogen-bond donors (Lipinski definition) is 2. The second-order valence-corrected chi connectivity index (χ2v) is 4.62. The molecule has 1 atom stereocenters. The maximum Gasteiger partial charge on any atom is 0.303 e. The van der Waals surface area contributed by atoms with Crippen molar-refractivity contribution in [1.29, 1.82) is 0 Å². The normalized spacial score (nSPS) is 12.3. The van der Waals surface area contributed by atoms with Gasteiger partial charge in [-0.3, -0.25) is 4.79 Å². The van der Waals surface area contributed by atoms with Crippen molar-refractivity contribution in [3.8, 4) is 5.75 Å². The number of hydrogen-bond acceptors (Lipinski definition) is 3. The first kappa shape index (κ1) is 14.5. The molecule has 4 heteroatoms. The number of ether oxygens (including phenoxy) is 1. The standard InChI is InChI=1S/C14H21NO3/c1-8-7-9(2)13(14(18-4)10(8)3)11(15)5-6-12(16)17/h7,11H,5-6,15H2,1-4H3,(H,16,17). The minimum Gasteiger partial charge on any atom is -0.496 e. The lowest BCUT2D eigenvalue weighted by Gasteiger charge is -2.21. The first-order valence-corrected chi connectivity index (χ1v) is 6.00. The van der Waals surface area contributed by atoms with Crippen molar-refractivity contribution in [2.45, 2.75) is 39.7 Å². The molecule has 3 N–H and O–H groups in total. The summed E-state index contributed by atoms with van der Waals surface area (Å²) in [6.07, 6.45) is 0.478. The fourth-order valence-electron chi connectivity index (χ4n) is 2.22. The molecule has 1 aromatic rings. The molecule has 100 valence electrons. The van der Waals surface area contributed by atoms with E-state index in [9.17, 15) is 4.79 Å². The summed E-state index contributed by atoms with van der Waals surface area (Å²) in [7, 11) is 1.62. The SMILES string of the molecule is COc1c(C)c(C)cc(C)c1C(N)CCC(=O)O. The van der Waals surface area contributed by atoms with Gasteiger partial charge in [0.2, 0.25) is 0 Å². The minimum atomic E-state index is -0.828. The molecule has 0 aliphatic heterocycles. The number of aliphatic carboxylic acids is 1. The average molecular weight is 251 g/mol. The summed E-state index contributed by atoms with van der Waals surface area (Å²) >= 11 is 0. The monoisotopic (exact) mass is 251 g/mol. The molecule has 0 saturated carbocycles. The lowest BCUT2D eigenvalue weighted by Crippen LogP contribution is -2.15. The average Bonchev–Trinajstić information content (AvgIpc) is 2.30. The van der Waals surface area contributed by atoms with Crippen LogP contribution in [0.5, 0.6) is 5.75 Å². The van der Waals surface area contributed by atoms with Gasteiger partial charge >= 0.3 is 5.97 Å². The van der Waals surface area contributed by atoms with Crippen molar-refractivity contribution >= 4 is 5.97 Å². The Bertz CT molecular complexity index is 455. The third-order valence-corrected chi connectivity index (χ3v) is 3.28. The van der Waals surface area contributed by atoms with Crippen molar-refractivity contribution < 1.29 is 14.6 Å². The van der Waals surface area contributed by atoms with Crippen LogP contribution in [0.3, 0.4) is 0 Å². The lowest BCUT2D eigenvalue weighted by molar-refractivity contribution is -0.137. The molecule has 1 rings (SSSR count). The second kappa shape index (κ2) is 5.87. The number of aryl methyl sites for hydroxylation is 2. The van der Waals surface area contributed by atoms with Crippen LogP contribution < -0.4 is 10.5 Å². The van der Waals surface area contributed by atoms with E-state index >= 15 is 0 Å². The Balaban J connectivity index is 3.14. The molecule has 0 saturated heterocycles. The Morgan fingerprint density at radius 2 is 2.00 bits per heavy atom. The molecule has 4 nitrogen and oxygen atoms in total. The van der Waals surface area contributed by atoms with Crippen molar-refractivity contribution in [3.05, 3.63) is 28.3 Å². The van der Waals surface area contributed by atoms with Gasteiger partial charge in [0.25, 0.3) is 0 Å². The summed E-state index contributed by atoms with van der Waals surface area (Å²) in [5, 5.41) is 8.72. The van der Waals surface area contributed by atoms with Crippen molar-refractivity contribution in [1.82, 2.24) is 0 Å². The molecular weight excluding hydrogens is 230 g/mol. The molecule has 0 amide bonds. The van der Waals surface area contributed by atoms with E-state index in [1.165, 1.54) is 0 Å². The molecule has 0 aromatic heterocycles. The fraction of sp³-hybridized carbons (Fsp3) is 0.500. The van der Waals surface area contributed by atoms with Gasteiger partial charge in [-0.25, -0.2) is 0 Å². The summed E-state index contributed by atoms with van der Waals surface area (Å²) in [6.45, 7) is 5.99. The number of carboxylic acids is 1. The molecule has 1 aromatic carbocycles. The smallest absolute Gasteiger partial charge is 0.303 e. The highest BCUT2D eigenvalue weighted by atomic mass is 16.5. The van der Waals surface area contributed by atoms with Crippen LogP contribution in [-0.2, 0) is 4.79 Å². The second-order valence-electron chi connectivity index (χ2n) is 4.62. The van der Waals surface area contributed by atoms with Gasteiger partial charge in [-0.15, -0.1) is 0 Å². The van der Waals surface area contributed by atoms with E-state index in [4.69, 9.17) is 15.6 Å². The van der Waals surface area contributed by atoms with E-state index in [-0.39, 0.29) is 12.5 Å². The number of carboxylic acid groups (broad SMARTS) is 1. The van der Waals surface area contributed by atoms with Gasteiger partial charge in [-0.2, -0.15) is 0 Å². The van der Waals surface area contributed by atoms with Crippen LogP contribution in [0.4, 0.5) is 0 Å². The van der Waals surface area contributed by atoms with Gasteiger partial charge in [0.1, 0.15) is 5.75 Å². The van der Waals surface area contributed by atoms with Gasteiger partial charge < -0.3 is 15.6 Å². The fourth-order valence-corrected chi connectivity index (χ4v) is 2.22. The van der Waals surface area contributed by atoms with Gasteiger partial charge in [0, 0.05) is 18.0 Å². The summed E-state index contributed by atoms with van der Waals surface area (Å²) < 4.78 is 5.44. The Kier molecular flexibility index (Phi) is 4.73. The minimum absolute atomic E-state index is 0.0662. The Morgan fingerprint density at radius 1 is 1.39 bits per heavy atom. The quantitative estimate of drug-likeness (QED) is 0.843. The van der Waals surface area contributed by atoms with Crippen LogP contribution in [0.2, 0.25) is 0 Å². The van der Waals surface area contributed by atoms with Gasteiger partial charge in [0.05, 0.1) is 7.11 Å². The Hall–Kier alpha value is -1.55. The third kappa shape index (κ3) is 3.01. The van der Waals surface area contributed by atoms with Gasteiger partial charge in [-0.1, -0.05) is 6.07 Å². The molecule has 0 radical (unpaired) electrons. The van der Waals surface area contributed by atoms with E-state index < -0.39 is 5.97 Å². The first-order chi connectivity index (χ1) is 8.38. The highest BCUT2D eigenvalue weighted by Gasteiger charge is 2.18. The molecular formula is C14H21NO3. The first-order valence-electron chi connectivity index (χ1n) is 6.00. The Morgan fingerprint density at radius 3 is 2.50 bits per heavy atom. The molecule has 18 heavy (non-hydrogen) atoms. The van der Waals surface area contributed by atoms with Crippen LogP contribution in [0, 0.1) is 20.8 Å². The molecule has 0 aliphatic carbocycles. The molecule has 1 unspecified atom stereocenters. The van der Waals surface area contributed by atoms with Crippen LogP contribution in [0.25, 0.3) is 0 Å². The summed E-state index contributed by atoms with van der Waals surface area (Å²) in [6, 6.07) is 1.75. The van der Waals surface area contributed by atoms with Crippen LogP contribution in [0.1, 0.15) is 41.1 Å². The van der Waals surface area contributed by atoms with Crippen LogP contribution >= 0.6 is 0 Å². The van der Waals surface area contributed by atoms with Crippen molar-refractivity contribution in [2.24, 2.45) is 5.73 Å². The van der Waals surface area contributed by atoms with Gasteiger partial charge in [-0.05, 0) is 43.9 Å². The van der Waals surface area contributed by atoms with Crippen LogP contribution in [0.15, 0.2) is 6.07 Å². The number of rotatable bonds is 5. The predicted octanol–water partition coefficient (Wildman–Crippen LogP) is 2.49. The topological polar surface area (TPSA) is 72.5 Å². The number of benzene rings is 1. The summed E-state index contributed by atoms with van der Waals surface area (Å²) in [4.78, 5) is 10.6. The molecule has 0 spiro atoms. The lowest BCUT2D eigenvalue weighted by atomic mass is 9.92. The van der Waals surface area contributed by atoms with E-state index in [2.05, 4.69) is 6.07 Å².